The zero-order valence-electron chi connectivity index (χ0n) is 9.66. The second-order valence-corrected chi connectivity index (χ2v) is 3.80. The fourth-order valence-electron chi connectivity index (χ4n) is 2.08. The lowest BCUT2D eigenvalue weighted by Gasteiger charge is -2.38. The maximum Gasteiger partial charge on any atom is 0.110 e. The van der Waals surface area contributed by atoms with Crippen LogP contribution in [0.3, 0.4) is 0 Å². The Morgan fingerprint density at radius 1 is 1.14 bits per heavy atom. The van der Waals surface area contributed by atoms with E-state index >= 15 is 0 Å². The molecule has 1 saturated heterocycles. The summed E-state index contributed by atoms with van der Waals surface area (Å²) in [5.74, 6) is 0. The molecule has 84 valence electrons. The average Bonchev–Trinajstić information content (AvgIpc) is 2.11. The normalized spacial score (nSPS) is 38.6. The van der Waals surface area contributed by atoms with Crippen LogP contribution in [0.1, 0.15) is 34.1 Å². The SMILES string of the molecule is CCOC1C[C@H](C)OC(C)[C@@H]1OCC. The summed E-state index contributed by atoms with van der Waals surface area (Å²) < 4.78 is 17.1. The first-order valence-electron chi connectivity index (χ1n) is 5.57. The second kappa shape index (κ2) is 5.69. The quantitative estimate of drug-likeness (QED) is 0.698. The highest BCUT2D eigenvalue weighted by Gasteiger charge is 2.35. The van der Waals surface area contributed by atoms with Gasteiger partial charge in [0.15, 0.2) is 0 Å². The van der Waals surface area contributed by atoms with Crippen molar-refractivity contribution >= 4 is 0 Å². The molecule has 1 fully saturated rings. The summed E-state index contributed by atoms with van der Waals surface area (Å²) in [7, 11) is 0. The Labute approximate surface area is 86.7 Å². The molecule has 0 bridgehead atoms. The van der Waals surface area contributed by atoms with Crippen molar-refractivity contribution in [1.29, 1.82) is 0 Å². The summed E-state index contributed by atoms with van der Waals surface area (Å²) in [5.41, 5.74) is 0. The van der Waals surface area contributed by atoms with Crippen LogP contribution in [-0.2, 0) is 14.2 Å². The van der Waals surface area contributed by atoms with Crippen LogP contribution < -0.4 is 0 Å². The van der Waals surface area contributed by atoms with Crippen molar-refractivity contribution in [2.75, 3.05) is 13.2 Å². The molecule has 0 aromatic rings. The smallest absolute Gasteiger partial charge is 0.110 e. The lowest BCUT2D eigenvalue weighted by atomic mass is 9.99. The number of hydrogen-bond acceptors (Lipinski definition) is 3. The topological polar surface area (TPSA) is 27.7 Å². The number of ether oxygens (including phenoxy) is 3. The Morgan fingerprint density at radius 3 is 2.36 bits per heavy atom. The summed E-state index contributed by atoms with van der Waals surface area (Å²) in [6.07, 6.45) is 1.63. The van der Waals surface area contributed by atoms with E-state index in [1.807, 2.05) is 13.8 Å². The first-order valence-corrected chi connectivity index (χ1v) is 5.57. The summed E-state index contributed by atoms with van der Waals surface area (Å²) in [4.78, 5) is 0. The predicted octanol–water partition coefficient (Wildman–Crippen LogP) is 1.99. The van der Waals surface area contributed by atoms with E-state index in [0.29, 0.717) is 0 Å². The van der Waals surface area contributed by atoms with Gasteiger partial charge in [0.25, 0.3) is 0 Å². The molecule has 1 aliphatic rings. The van der Waals surface area contributed by atoms with Gasteiger partial charge in [0.1, 0.15) is 6.10 Å². The van der Waals surface area contributed by atoms with Gasteiger partial charge in [0, 0.05) is 19.6 Å². The minimum absolute atomic E-state index is 0.0937. The van der Waals surface area contributed by atoms with E-state index in [1.165, 1.54) is 0 Å². The molecule has 0 N–H and O–H groups in total. The van der Waals surface area contributed by atoms with Gasteiger partial charge < -0.3 is 14.2 Å². The van der Waals surface area contributed by atoms with Crippen molar-refractivity contribution in [3.63, 3.8) is 0 Å². The minimum atomic E-state index is 0.0937. The maximum absolute atomic E-state index is 5.72. The lowest BCUT2D eigenvalue weighted by molar-refractivity contribution is -0.189. The summed E-state index contributed by atoms with van der Waals surface area (Å²) >= 11 is 0. The van der Waals surface area contributed by atoms with Gasteiger partial charge in [-0.05, 0) is 27.7 Å². The minimum Gasteiger partial charge on any atom is -0.376 e. The van der Waals surface area contributed by atoms with E-state index in [9.17, 15) is 0 Å². The molecule has 1 aliphatic heterocycles. The van der Waals surface area contributed by atoms with Gasteiger partial charge in [0.05, 0.1) is 18.3 Å². The average molecular weight is 202 g/mol. The van der Waals surface area contributed by atoms with Crippen molar-refractivity contribution in [1.82, 2.24) is 0 Å². The highest BCUT2D eigenvalue weighted by molar-refractivity contribution is 4.84. The molecule has 14 heavy (non-hydrogen) atoms. The fourth-order valence-corrected chi connectivity index (χ4v) is 2.08. The molecule has 0 aromatic carbocycles. The van der Waals surface area contributed by atoms with Gasteiger partial charge in [-0.25, -0.2) is 0 Å². The highest BCUT2D eigenvalue weighted by Crippen LogP contribution is 2.24. The molecule has 0 aliphatic carbocycles. The van der Waals surface area contributed by atoms with Crippen LogP contribution in [0.4, 0.5) is 0 Å². The third-order valence-corrected chi connectivity index (χ3v) is 2.58. The first kappa shape index (κ1) is 12.0. The zero-order valence-corrected chi connectivity index (χ0v) is 9.66. The molecule has 0 aromatic heterocycles. The van der Waals surface area contributed by atoms with Crippen molar-refractivity contribution in [2.24, 2.45) is 0 Å². The molecule has 1 rings (SSSR count). The van der Waals surface area contributed by atoms with Gasteiger partial charge in [-0.15, -0.1) is 0 Å². The first-order chi connectivity index (χ1) is 6.69. The number of rotatable bonds is 4. The lowest BCUT2D eigenvalue weighted by Crippen LogP contribution is -2.48. The Kier molecular flexibility index (Phi) is 4.85. The molecule has 2 unspecified atom stereocenters. The molecule has 4 atom stereocenters. The predicted molar refractivity (Wildman–Crippen MR) is 55.5 cm³/mol. The van der Waals surface area contributed by atoms with E-state index in [-0.39, 0.29) is 24.4 Å². The largest absolute Gasteiger partial charge is 0.376 e. The van der Waals surface area contributed by atoms with Crippen molar-refractivity contribution < 1.29 is 14.2 Å². The highest BCUT2D eigenvalue weighted by atomic mass is 16.6. The van der Waals surface area contributed by atoms with E-state index in [2.05, 4.69) is 13.8 Å². The van der Waals surface area contributed by atoms with Gasteiger partial charge >= 0.3 is 0 Å². The molecular weight excluding hydrogens is 180 g/mol. The number of hydrogen-bond donors (Lipinski definition) is 0. The van der Waals surface area contributed by atoms with Crippen LogP contribution in [0.2, 0.25) is 0 Å². The van der Waals surface area contributed by atoms with Crippen LogP contribution in [0.5, 0.6) is 0 Å². The molecule has 0 radical (unpaired) electrons. The van der Waals surface area contributed by atoms with Crippen molar-refractivity contribution in [2.45, 2.75) is 58.5 Å². The van der Waals surface area contributed by atoms with E-state index in [4.69, 9.17) is 14.2 Å². The summed E-state index contributed by atoms with van der Waals surface area (Å²) in [6.45, 7) is 9.64. The van der Waals surface area contributed by atoms with Crippen molar-refractivity contribution in [3.8, 4) is 0 Å². The molecule has 0 saturated carbocycles. The monoisotopic (exact) mass is 202 g/mol. The second-order valence-electron chi connectivity index (χ2n) is 3.80. The molecular formula is C11H22O3. The third-order valence-electron chi connectivity index (χ3n) is 2.58. The zero-order chi connectivity index (χ0) is 10.6. The van der Waals surface area contributed by atoms with Gasteiger partial charge in [-0.2, -0.15) is 0 Å². The third kappa shape index (κ3) is 2.94. The van der Waals surface area contributed by atoms with Crippen LogP contribution in [0.15, 0.2) is 0 Å². The summed E-state index contributed by atoms with van der Waals surface area (Å²) in [6, 6.07) is 0. The van der Waals surface area contributed by atoms with Crippen LogP contribution in [0, 0.1) is 0 Å². The Hall–Kier alpha value is -0.120. The van der Waals surface area contributed by atoms with Crippen LogP contribution in [-0.4, -0.2) is 37.6 Å². The standard InChI is InChI=1S/C11H22O3/c1-5-12-10-7-8(3)14-9(4)11(10)13-6-2/h8-11H,5-7H2,1-4H3/t8-,9?,10?,11-/m0/s1. The molecule has 0 spiro atoms. The van der Waals surface area contributed by atoms with Gasteiger partial charge in [0.2, 0.25) is 0 Å². The van der Waals surface area contributed by atoms with E-state index < -0.39 is 0 Å². The van der Waals surface area contributed by atoms with Crippen LogP contribution in [0.25, 0.3) is 0 Å². The van der Waals surface area contributed by atoms with Crippen molar-refractivity contribution in [3.05, 3.63) is 0 Å². The molecule has 3 nitrogen and oxygen atoms in total. The molecule has 3 heteroatoms. The van der Waals surface area contributed by atoms with E-state index in [0.717, 1.165) is 19.6 Å². The van der Waals surface area contributed by atoms with Gasteiger partial charge in [-0.3, -0.25) is 0 Å². The Bertz CT molecular complexity index is 161. The molecule has 1 heterocycles. The summed E-state index contributed by atoms with van der Waals surface area (Å²) in [5, 5.41) is 0. The Balaban J connectivity index is 2.55. The molecule has 0 amide bonds. The maximum atomic E-state index is 5.72. The fraction of sp³-hybridized carbons (Fsp3) is 1.00. The van der Waals surface area contributed by atoms with E-state index in [1.54, 1.807) is 0 Å². The Morgan fingerprint density at radius 2 is 1.79 bits per heavy atom. The van der Waals surface area contributed by atoms with Gasteiger partial charge in [-0.1, -0.05) is 0 Å². The van der Waals surface area contributed by atoms with Crippen LogP contribution >= 0.6 is 0 Å².